The summed E-state index contributed by atoms with van der Waals surface area (Å²) >= 11 is 6.07. The third-order valence-electron chi connectivity index (χ3n) is 4.49. The van der Waals surface area contributed by atoms with Crippen molar-refractivity contribution in [1.29, 1.82) is 0 Å². The Kier molecular flexibility index (Phi) is 5.29. The number of hydrogen-bond acceptors (Lipinski definition) is 1. The summed E-state index contributed by atoms with van der Waals surface area (Å²) in [6.45, 7) is 6.95. The Labute approximate surface area is 122 Å². The van der Waals surface area contributed by atoms with Crippen molar-refractivity contribution in [3.63, 3.8) is 0 Å². The van der Waals surface area contributed by atoms with Crippen LogP contribution in [0.1, 0.15) is 58.1 Å². The minimum absolute atomic E-state index is 0.384. The second-order valence-corrected chi connectivity index (χ2v) is 6.75. The molecule has 1 nitrogen and oxygen atoms in total. The van der Waals surface area contributed by atoms with Crippen molar-refractivity contribution in [1.82, 2.24) is 5.32 Å². The maximum atomic E-state index is 6.07. The molecule has 19 heavy (non-hydrogen) atoms. The molecule has 1 aromatic rings. The first-order chi connectivity index (χ1) is 9.06. The van der Waals surface area contributed by atoms with E-state index in [4.69, 9.17) is 11.6 Å². The van der Waals surface area contributed by atoms with Gasteiger partial charge in [0.05, 0.1) is 0 Å². The zero-order chi connectivity index (χ0) is 13.8. The van der Waals surface area contributed by atoms with Crippen LogP contribution in [-0.4, -0.2) is 6.04 Å². The highest BCUT2D eigenvalue weighted by molar-refractivity contribution is 6.30. The van der Waals surface area contributed by atoms with Crippen molar-refractivity contribution in [3.8, 4) is 0 Å². The molecule has 0 radical (unpaired) electrons. The molecule has 0 aromatic heterocycles. The Morgan fingerprint density at radius 3 is 2.68 bits per heavy atom. The van der Waals surface area contributed by atoms with Crippen molar-refractivity contribution in [3.05, 3.63) is 34.9 Å². The van der Waals surface area contributed by atoms with Crippen molar-refractivity contribution in [2.45, 2.75) is 58.5 Å². The van der Waals surface area contributed by atoms with E-state index < -0.39 is 0 Å². The van der Waals surface area contributed by atoms with Gasteiger partial charge in [-0.3, -0.25) is 0 Å². The fraction of sp³-hybridized carbons (Fsp3) is 0.647. The van der Waals surface area contributed by atoms with Gasteiger partial charge in [-0.25, -0.2) is 0 Å². The fourth-order valence-corrected chi connectivity index (χ4v) is 3.41. The van der Waals surface area contributed by atoms with Crippen molar-refractivity contribution in [2.24, 2.45) is 11.8 Å². The molecule has 0 aliphatic heterocycles. The molecular formula is C17H26ClN. The number of benzene rings is 1. The number of hydrogen-bond donors (Lipinski definition) is 1. The van der Waals surface area contributed by atoms with Crippen LogP contribution >= 0.6 is 11.6 Å². The molecule has 1 fully saturated rings. The second-order valence-electron chi connectivity index (χ2n) is 6.31. The van der Waals surface area contributed by atoms with Gasteiger partial charge in [0.1, 0.15) is 0 Å². The van der Waals surface area contributed by atoms with E-state index >= 15 is 0 Å². The second kappa shape index (κ2) is 6.76. The average Bonchev–Trinajstić information content (AvgIpc) is 2.39. The standard InChI is InChI=1S/C17H26ClN/c1-12(2)14-6-5-9-17(11-14)19-13(3)15-7-4-8-16(18)10-15/h4,7-8,10,12-14,17,19H,5-6,9,11H2,1-3H3/t13-,14?,17?/m1/s1. The highest BCUT2D eigenvalue weighted by Gasteiger charge is 2.25. The quantitative estimate of drug-likeness (QED) is 0.798. The average molecular weight is 280 g/mol. The van der Waals surface area contributed by atoms with Gasteiger partial charge in [0.2, 0.25) is 0 Å². The zero-order valence-corrected chi connectivity index (χ0v) is 13.1. The van der Waals surface area contributed by atoms with Gasteiger partial charge in [0, 0.05) is 17.1 Å². The summed E-state index contributed by atoms with van der Waals surface area (Å²) in [6.07, 6.45) is 5.40. The third kappa shape index (κ3) is 4.22. The Bertz CT molecular complexity index is 402. The number of rotatable bonds is 4. The molecule has 2 rings (SSSR count). The summed E-state index contributed by atoms with van der Waals surface area (Å²) in [4.78, 5) is 0. The molecule has 0 heterocycles. The summed E-state index contributed by atoms with van der Waals surface area (Å²) in [7, 11) is 0. The Morgan fingerprint density at radius 1 is 1.21 bits per heavy atom. The molecule has 106 valence electrons. The van der Waals surface area contributed by atoms with Gasteiger partial charge in [-0.2, -0.15) is 0 Å². The molecule has 0 saturated heterocycles. The largest absolute Gasteiger partial charge is 0.307 e. The molecule has 1 aromatic carbocycles. The van der Waals surface area contributed by atoms with Crippen LogP contribution in [0.3, 0.4) is 0 Å². The lowest BCUT2D eigenvalue weighted by Gasteiger charge is -2.34. The van der Waals surface area contributed by atoms with E-state index in [0.29, 0.717) is 12.1 Å². The van der Waals surface area contributed by atoms with Crippen molar-refractivity contribution >= 4 is 11.6 Å². The van der Waals surface area contributed by atoms with Crippen LogP contribution in [0.5, 0.6) is 0 Å². The lowest BCUT2D eigenvalue weighted by molar-refractivity contribution is 0.223. The Balaban J connectivity index is 1.93. The van der Waals surface area contributed by atoms with E-state index in [9.17, 15) is 0 Å². The van der Waals surface area contributed by atoms with E-state index in [0.717, 1.165) is 16.9 Å². The Morgan fingerprint density at radius 2 is 2.00 bits per heavy atom. The van der Waals surface area contributed by atoms with E-state index in [1.165, 1.54) is 31.2 Å². The molecule has 1 N–H and O–H groups in total. The minimum atomic E-state index is 0.384. The van der Waals surface area contributed by atoms with Gasteiger partial charge in [0.15, 0.2) is 0 Å². The first kappa shape index (κ1) is 14.9. The van der Waals surface area contributed by atoms with Crippen LogP contribution in [0.4, 0.5) is 0 Å². The smallest absolute Gasteiger partial charge is 0.0409 e. The molecular weight excluding hydrogens is 254 g/mol. The van der Waals surface area contributed by atoms with Crippen molar-refractivity contribution in [2.75, 3.05) is 0 Å². The molecule has 1 aliphatic carbocycles. The monoisotopic (exact) mass is 279 g/mol. The topological polar surface area (TPSA) is 12.0 Å². The summed E-state index contributed by atoms with van der Waals surface area (Å²) < 4.78 is 0. The van der Waals surface area contributed by atoms with Crippen molar-refractivity contribution < 1.29 is 0 Å². The highest BCUT2D eigenvalue weighted by atomic mass is 35.5. The lowest BCUT2D eigenvalue weighted by atomic mass is 9.79. The van der Waals surface area contributed by atoms with E-state index in [1.807, 2.05) is 12.1 Å². The minimum Gasteiger partial charge on any atom is -0.307 e. The van der Waals surface area contributed by atoms with Crippen LogP contribution in [0.15, 0.2) is 24.3 Å². The molecule has 0 spiro atoms. The van der Waals surface area contributed by atoms with Crippen LogP contribution in [0.2, 0.25) is 5.02 Å². The molecule has 0 bridgehead atoms. The maximum Gasteiger partial charge on any atom is 0.0409 e. The number of nitrogens with one attached hydrogen (secondary N) is 1. The normalized spacial score (nSPS) is 25.5. The van der Waals surface area contributed by atoms with E-state index in [2.05, 4.69) is 38.2 Å². The van der Waals surface area contributed by atoms with Gasteiger partial charge in [-0.15, -0.1) is 0 Å². The molecule has 1 saturated carbocycles. The predicted octanol–water partition coefficient (Wildman–Crippen LogP) is 5.21. The van der Waals surface area contributed by atoms with Gasteiger partial charge in [-0.05, 0) is 49.3 Å². The molecule has 1 aliphatic rings. The SMILES string of the molecule is CC(C)C1CCCC(N[C@H](C)c2cccc(Cl)c2)C1. The first-order valence-electron chi connectivity index (χ1n) is 7.57. The van der Waals surface area contributed by atoms with E-state index in [1.54, 1.807) is 0 Å². The lowest BCUT2D eigenvalue weighted by Crippen LogP contribution is -2.37. The van der Waals surface area contributed by atoms with Gasteiger partial charge in [-0.1, -0.05) is 50.4 Å². The molecule has 2 unspecified atom stereocenters. The maximum absolute atomic E-state index is 6.07. The first-order valence-corrected chi connectivity index (χ1v) is 7.95. The fourth-order valence-electron chi connectivity index (χ4n) is 3.21. The zero-order valence-electron chi connectivity index (χ0n) is 12.3. The van der Waals surface area contributed by atoms with Crippen LogP contribution < -0.4 is 5.32 Å². The van der Waals surface area contributed by atoms with Crippen LogP contribution in [0.25, 0.3) is 0 Å². The van der Waals surface area contributed by atoms with Crippen LogP contribution in [0, 0.1) is 11.8 Å². The molecule has 2 heteroatoms. The van der Waals surface area contributed by atoms with Gasteiger partial charge in [0.25, 0.3) is 0 Å². The molecule has 0 amide bonds. The third-order valence-corrected chi connectivity index (χ3v) is 4.73. The van der Waals surface area contributed by atoms with E-state index in [-0.39, 0.29) is 0 Å². The highest BCUT2D eigenvalue weighted by Crippen LogP contribution is 2.31. The summed E-state index contributed by atoms with van der Waals surface area (Å²) in [6, 6.07) is 9.25. The molecule has 3 atom stereocenters. The summed E-state index contributed by atoms with van der Waals surface area (Å²) in [5.41, 5.74) is 1.29. The number of halogens is 1. The predicted molar refractivity (Wildman–Crippen MR) is 83.6 cm³/mol. The Hall–Kier alpha value is -0.530. The van der Waals surface area contributed by atoms with Gasteiger partial charge >= 0.3 is 0 Å². The summed E-state index contributed by atoms with van der Waals surface area (Å²) in [5, 5.41) is 4.62. The van der Waals surface area contributed by atoms with Gasteiger partial charge < -0.3 is 5.32 Å². The summed E-state index contributed by atoms with van der Waals surface area (Å²) in [5.74, 6) is 1.70. The van der Waals surface area contributed by atoms with Crippen LogP contribution in [-0.2, 0) is 0 Å².